The summed E-state index contributed by atoms with van der Waals surface area (Å²) in [6.07, 6.45) is 1.88. The van der Waals surface area contributed by atoms with Crippen molar-refractivity contribution in [1.29, 1.82) is 0 Å². The molecule has 0 aliphatic rings. The highest BCUT2D eigenvalue weighted by molar-refractivity contribution is 6.30. The first-order chi connectivity index (χ1) is 10.7. The van der Waals surface area contributed by atoms with Crippen LogP contribution in [-0.4, -0.2) is 20.5 Å². The number of hydrogen-bond acceptors (Lipinski definition) is 4. The molecule has 0 spiro atoms. The Morgan fingerprint density at radius 2 is 1.82 bits per heavy atom. The zero-order valence-electron chi connectivity index (χ0n) is 11.5. The zero-order chi connectivity index (χ0) is 15.4. The third-order valence-electron chi connectivity index (χ3n) is 3.02. The van der Waals surface area contributed by atoms with Gasteiger partial charge in [0.2, 0.25) is 5.78 Å². The lowest BCUT2D eigenvalue weighted by Gasteiger charge is -2.18. The average Bonchev–Trinajstić information content (AvgIpc) is 3.08. The lowest BCUT2D eigenvalue weighted by molar-refractivity contribution is 0.0619. The van der Waals surface area contributed by atoms with Crippen LogP contribution in [-0.2, 0) is 0 Å². The van der Waals surface area contributed by atoms with E-state index in [0.29, 0.717) is 16.3 Å². The number of para-hydroxylation sites is 1. The molecular formula is C16H12ClN3O2. The minimum Gasteiger partial charge on any atom is -0.461 e. The number of halogens is 1. The van der Waals surface area contributed by atoms with E-state index in [1.54, 1.807) is 36.4 Å². The summed E-state index contributed by atoms with van der Waals surface area (Å²) in [5, 5.41) is 4.58. The van der Waals surface area contributed by atoms with Crippen molar-refractivity contribution >= 4 is 17.4 Å². The first-order valence-corrected chi connectivity index (χ1v) is 6.97. The maximum absolute atomic E-state index is 12.7. The molecule has 6 heteroatoms. The second kappa shape index (κ2) is 6.41. The third-order valence-corrected chi connectivity index (χ3v) is 3.27. The van der Waals surface area contributed by atoms with Gasteiger partial charge in [0.15, 0.2) is 0 Å². The zero-order valence-corrected chi connectivity index (χ0v) is 12.2. The van der Waals surface area contributed by atoms with E-state index >= 15 is 0 Å². The Hall–Kier alpha value is -2.66. The van der Waals surface area contributed by atoms with Gasteiger partial charge in [-0.2, -0.15) is 5.10 Å². The predicted molar refractivity (Wildman–Crippen MR) is 81.9 cm³/mol. The highest BCUT2D eigenvalue weighted by Gasteiger charge is 2.24. The van der Waals surface area contributed by atoms with Crippen LogP contribution >= 0.6 is 11.6 Å². The van der Waals surface area contributed by atoms with Crippen molar-refractivity contribution in [3.05, 3.63) is 77.8 Å². The maximum atomic E-state index is 12.7. The molecule has 1 aromatic heterocycles. The molecule has 0 N–H and O–H groups in total. The summed E-state index contributed by atoms with van der Waals surface area (Å²) in [7, 11) is 0. The van der Waals surface area contributed by atoms with Gasteiger partial charge < -0.3 is 4.74 Å². The first kappa shape index (κ1) is 14.3. The molecule has 0 fully saturated rings. The van der Waals surface area contributed by atoms with E-state index in [1.807, 2.05) is 18.2 Å². The van der Waals surface area contributed by atoms with Crippen molar-refractivity contribution in [1.82, 2.24) is 14.8 Å². The number of carbonyl (C=O) groups excluding carboxylic acids is 1. The number of hydrogen-bond donors (Lipinski definition) is 0. The number of benzene rings is 2. The number of Topliss-reactive ketones (excluding diaryl/α,β-unsaturated/α-hetero) is 1. The van der Waals surface area contributed by atoms with Crippen LogP contribution in [0.1, 0.15) is 16.6 Å². The standard InChI is InChI=1S/C16H12ClN3O2/c17-13-8-6-12(7-9-13)15(21)16(20-11-18-10-19-20)22-14-4-2-1-3-5-14/h1-11,16H. The SMILES string of the molecule is O=C(c1ccc(Cl)cc1)C(Oc1ccccc1)n1cncn1. The van der Waals surface area contributed by atoms with E-state index in [-0.39, 0.29) is 5.78 Å². The van der Waals surface area contributed by atoms with Crippen molar-refractivity contribution in [2.24, 2.45) is 0 Å². The lowest BCUT2D eigenvalue weighted by atomic mass is 10.1. The summed E-state index contributed by atoms with van der Waals surface area (Å²) in [4.78, 5) is 16.6. The molecule has 5 nitrogen and oxygen atoms in total. The van der Waals surface area contributed by atoms with Crippen LogP contribution in [0.4, 0.5) is 0 Å². The molecule has 1 heterocycles. The summed E-state index contributed by atoms with van der Waals surface area (Å²) in [6.45, 7) is 0. The molecule has 3 aromatic rings. The van der Waals surface area contributed by atoms with Crippen molar-refractivity contribution in [2.45, 2.75) is 6.23 Å². The highest BCUT2D eigenvalue weighted by Crippen LogP contribution is 2.21. The molecule has 22 heavy (non-hydrogen) atoms. The van der Waals surface area contributed by atoms with E-state index in [9.17, 15) is 4.79 Å². The fraction of sp³-hybridized carbons (Fsp3) is 0.0625. The number of rotatable bonds is 5. The number of ketones is 1. The normalized spacial score (nSPS) is 11.9. The molecule has 0 saturated heterocycles. The van der Waals surface area contributed by atoms with Gasteiger partial charge in [-0.25, -0.2) is 9.67 Å². The molecule has 1 atom stereocenters. The summed E-state index contributed by atoms with van der Waals surface area (Å²) in [6, 6.07) is 15.7. The Bertz CT molecular complexity index is 743. The maximum Gasteiger partial charge on any atom is 0.256 e. The van der Waals surface area contributed by atoms with Gasteiger partial charge in [-0.1, -0.05) is 29.8 Å². The van der Waals surface area contributed by atoms with Crippen LogP contribution in [0.2, 0.25) is 5.02 Å². The van der Waals surface area contributed by atoms with Gasteiger partial charge >= 0.3 is 0 Å². The van der Waals surface area contributed by atoms with Gasteiger partial charge in [0.25, 0.3) is 6.23 Å². The van der Waals surface area contributed by atoms with Crippen LogP contribution in [0, 0.1) is 0 Å². The van der Waals surface area contributed by atoms with Gasteiger partial charge in [0.1, 0.15) is 18.4 Å². The molecule has 0 aliphatic carbocycles. The average molecular weight is 314 g/mol. The van der Waals surface area contributed by atoms with Gasteiger partial charge in [-0.3, -0.25) is 4.79 Å². The topological polar surface area (TPSA) is 57.0 Å². The molecule has 2 aromatic carbocycles. The van der Waals surface area contributed by atoms with Crippen LogP contribution in [0.5, 0.6) is 5.75 Å². The largest absolute Gasteiger partial charge is 0.461 e. The van der Waals surface area contributed by atoms with E-state index in [0.717, 1.165) is 0 Å². The molecule has 1 unspecified atom stereocenters. The van der Waals surface area contributed by atoms with Gasteiger partial charge in [-0.05, 0) is 36.4 Å². The highest BCUT2D eigenvalue weighted by atomic mass is 35.5. The Labute approximate surface area is 132 Å². The van der Waals surface area contributed by atoms with E-state index in [2.05, 4.69) is 10.1 Å². The summed E-state index contributed by atoms with van der Waals surface area (Å²) in [5.41, 5.74) is 0.487. The van der Waals surface area contributed by atoms with Crippen LogP contribution in [0.25, 0.3) is 0 Å². The number of ether oxygens (including phenoxy) is 1. The summed E-state index contributed by atoms with van der Waals surface area (Å²) >= 11 is 5.86. The quantitative estimate of drug-likeness (QED) is 0.677. The van der Waals surface area contributed by atoms with E-state index in [4.69, 9.17) is 16.3 Å². The molecule has 3 rings (SSSR count). The fourth-order valence-corrected chi connectivity index (χ4v) is 2.08. The molecule has 0 radical (unpaired) electrons. The smallest absolute Gasteiger partial charge is 0.256 e. The van der Waals surface area contributed by atoms with Crippen molar-refractivity contribution in [3.8, 4) is 5.75 Å². The van der Waals surface area contributed by atoms with Crippen molar-refractivity contribution in [2.75, 3.05) is 0 Å². The summed E-state index contributed by atoms with van der Waals surface area (Å²) < 4.78 is 7.16. The molecule has 0 amide bonds. The molecule has 0 bridgehead atoms. The summed E-state index contributed by atoms with van der Waals surface area (Å²) in [5.74, 6) is 0.344. The monoisotopic (exact) mass is 313 g/mol. The lowest BCUT2D eigenvalue weighted by Crippen LogP contribution is -2.25. The van der Waals surface area contributed by atoms with Gasteiger partial charge in [-0.15, -0.1) is 0 Å². The molecule has 110 valence electrons. The number of aromatic nitrogens is 3. The predicted octanol–water partition coefficient (Wildman–Crippen LogP) is 3.39. The van der Waals surface area contributed by atoms with Crippen LogP contribution in [0.15, 0.2) is 67.3 Å². The van der Waals surface area contributed by atoms with E-state index < -0.39 is 6.23 Å². The Kier molecular flexibility index (Phi) is 4.16. The van der Waals surface area contributed by atoms with Gasteiger partial charge in [0, 0.05) is 10.6 Å². The Morgan fingerprint density at radius 3 is 2.45 bits per heavy atom. The number of nitrogens with zero attached hydrogens (tertiary/aromatic N) is 3. The number of carbonyl (C=O) groups is 1. The molecule has 0 saturated carbocycles. The minimum absolute atomic E-state index is 0.231. The third kappa shape index (κ3) is 3.15. The Balaban J connectivity index is 1.91. The second-order valence-electron chi connectivity index (χ2n) is 4.53. The molecular weight excluding hydrogens is 302 g/mol. The van der Waals surface area contributed by atoms with Crippen LogP contribution < -0.4 is 4.74 Å². The van der Waals surface area contributed by atoms with Crippen LogP contribution in [0.3, 0.4) is 0 Å². The fourth-order valence-electron chi connectivity index (χ4n) is 1.95. The molecule has 0 aliphatic heterocycles. The van der Waals surface area contributed by atoms with E-state index in [1.165, 1.54) is 17.3 Å². The van der Waals surface area contributed by atoms with Crippen molar-refractivity contribution < 1.29 is 9.53 Å². The van der Waals surface area contributed by atoms with Gasteiger partial charge in [0.05, 0.1) is 0 Å². The van der Waals surface area contributed by atoms with Crippen molar-refractivity contribution in [3.63, 3.8) is 0 Å². The Morgan fingerprint density at radius 1 is 1.09 bits per heavy atom. The second-order valence-corrected chi connectivity index (χ2v) is 4.97. The first-order valence-electron chi connectivity index (χ1n) is 6.59. The minimum atomic E-state index is -0.925.